The zero-order valence-electron chi connectivity index (χ0n) is 35.3. The Labute approximate surface area is 345 Å². The van der Waals surface area contributed by atoms with Crippen LogP contribution in [0, 0.1) is 0 Å². The van der Waals surface area contributed by atoms with Gasteiger partial charge in [0.15, 0.2) is 6.10 Å². The molecule has 1 unspecified atom stereocenters. The van der Waals surface area contributed by atoms with Crippen LogP contribution in [0.3, 0.4) is 0 Å². The van der Waals surface area contributed by atoms with Crippen molar-refractivity contribution in [2.75, 3.05) is 26.4 Å². The van der Waals surface area contributed by atoms with E-state index in [4.69, 9.17) is 19.1 Å². The first-order valence-corrected chi connectivity index (χ1v) is 23.0. The number of hydrogen-bond donors (Lipinski definition) is 3. The monoisotopic (exact) mass is 821 g/mol. The molecule has 0 aromatic rings. The van der Waals surface area contributed by atoms with Gasteiger partial charge in [-0.15, -0.1) is 0 Å². The van der Waals surface area contributed by atoms with Crippen LogP contribution in [0.5, 0.6) is 0 Å². The summed E-state index contributed by atoms with van der Waals surface area (Å²) in [6, 6.07) is 0. The summed E-state index contributed by atoms with van der Waals surface area (Å²) in [4.78, 5) is 35.0. The molecule has 57 heavy (non-hydrogen) atoms. The number of rotatable bonds is 39. The predicted molar refractivity (Wildman–Crippen MR) is 233 cm³/mol. The van der Waals surface area contributed by atoms with Gasteiger partial charge in [-0.3, -0.25) is 18.6 Å². The molecule has 3 atom stereocenters. The van der Waals surface area contributed by atoms with Crippen molar-refractivity contribution in [1.29, 1.82) is 0 Å². The minimum atomic E-state index is -4.64. The number of esters is 2. The number of ether oxygens (including phenoxy) is 2. The highest BCUT2D eigenvalue weighted by atomic mass is 31.2. The first kappa shape index (κ1) is 54.2. The number of unbranched alkanes of at least 4 members (excludes halogenated alkanes) is 11. The molecule has 0 aromatic heterocycles. The number of aliphatic hydroxyl groups excluding tert-OH is 2. The van der Waals surface area contributed by atoms with E-state index in [2.05, 4.69) is 103 Å². The van der Waals surface area contributed by atoms with Crippen LogP contribution < -0.4 is 0 Å². The molecule has 0 aliphatic carbocycles. The van der Waals surface area contributed by atoms with Gasteiger partial charge in [-0.2, -0.15) is 0 Å². The van der Waals surface area contributed by atoms with Crippen LogP contribution in [-0.4, -0.2) is 65.7 Å². The second kappa shape index (κ2) is 41.3. The Kier molecular flexibility index (Phi) is 39.2. The van der Waals surface area contributed by atoms with Crippen LogP contribution in [0.4, 0.5) is 0 Å². The Morgan fingerprint density at radius 1 is 0.544 bits per heavy atom. The molecular formula is C46H77O10P. The van der Waals surface area contributed by atoms with Crippen LogP contribution in [0.2, 0.25) is 0 Å². The molecular weight excluding hydrogens is 743 g/mol. The zero-order valence-corrected chi connectivity index (χ0v) is 36.2. The van der Waals surface area contributed by atoms with Crippen molar-refractivity contribution in [2.45, 2.75) is 167 Å². The highest BCUT2D eigenvalue weighted by molar-refractivity contribution is 7.47. The van der Waals surface area contributed by atoms with Gasteiger partial charge in [-0.1, -0.05) is 137 Å². The van der Waals surface area contributed by atoms with Gasteiger partial charge in [0.1, 0.15) is 12.7 Å². The Bertz CT molecular complexity index is 1220. The maximum Gasteiger partial charge on any atom is 0.472 e. The van der Waals surface area contributed by atoms with Crippen LogP contribution in [-0.2, 0) is 32.7 Å². The van der Waals surface area contributed by atoms with Gasteiger partial charge in [-0.25, -0.2) is 4.57 Å². The molecule has 0 aliphatic rings. The van der Waals surface area contributed by atoms with Crippen molar-refractivity contribution in [3.8, 4) is 0 Å². The van der Waals surface area contributed by atoms with E-state index in [0.717, 1.165) is 96.3 Å². The number of allylic oxidation sites excluding steroid dienone is 14. The Morgan fingerprint density at radius 2 is 0.965 bits per heavy atom. The average Bonchev–Trinajstić information content (AvgIpc) is 3.20. The Morgan fingerprint density at radius 3 is 1.44 bits per heavy atom. The van der Waals surface area contributed by atoms with Crippen molar-refractivity contribution in [2.24, 2.45) is 0 Å². The summed E-state index contributed by atoms with van der Waals surface area (Å²) in [6.07, 6.45) is 48.3. The molecule has 0 heterocycles. The summed E-state index contributed by atoms with van der Waals surface area (Å²) in [6.45, 7) is 2.16. The highest BCUT2D eigenvalue weighted by Gasteiger charge is 2.27. The number of carbonyl (C=O) groups is 2. The van der Waals surface area contributed by atoms with Crippen LogP contribution in [0.15, 0.2) is 85.1 Å². The molecule has 0 radical (unpaired) electrons. The summed E-state index contributed by atoms with van der Waals surface area (Å²) in [7, 11) is -4.64. The minimum Gasteiger partial charge on any atom is -0.462 e. The molecule has 0 saturated heterocycles. The molecule has 3 N–H and O–H groups in total. The number of hydrogen-bond acceptors (Lipinski definition) is 9. The Hall–Kier alpha value is -2.85. The van der Waals surface area contributed by atoms with Crippen molar-refractivity contribution < 1.29 is 47.8 Å². The fourth-order valence-electron chi connectivity index (χ4n) is 5.22. The lowest BCUT2D eigenvalue weighted by atomic mass is 10.1. The molecule has 10 nitrogen and oxygen atoms in total. The van der Waals surface area contributed by atoms with E-state index in [0.29, 0.717) is 12.8 Å². The van der Waals surface area contributed by atoms with E-state index in [1.807, 2.05) is 0 Å². The molecule has 0 fully saturated rings. The number of phosphoric ester groups is 1. The van der Waals surface area contributed by atoms with Crippen molar-refractivity contribution in [3.63, 3.8) is 0 Å². The first-order valence-electron chi connectivity index (χ1n) is 21.5. The van der Waals surface area contributed by atoms with Gasteiger partial charge in [0, 0.05) is 12.8 Å². The SMILES string of the molecule is CC/C=C\C/C=C\C/C=C\C/C=C\CCCCCCC(=O)OC[C@H](COP(=O)(O)OC[C@@H](O)CO)OC(=O)CCCCCC/C=C\C/C=C\C/C=C\CCCCC. The summed E-state index contributed by atoms with van der Waals surface area (Å²) in [5.41, 5.74) is 0. The largest absolute Gasteiger partial charge is 0.472 e. The normalized spacial score (nSPS) is 14.7. The van der Waals surface area contributed by atoms with Crippen molar-refractivity contribution in [3.05, 3.63) is 85.1 Å². The maximum atomic E-state index is 12.6. The van der Waals surface area contributed by atoms with E-state index >= 15 is 0 Å². The molecule has 0 aromatic carbocycles. The molecule has 0 aliphatic heterocycles. The lowest BCUT2D eigenvalue weighted by Crippen LogP contribution is -2.29. The van der Waals surface area contributed by atoms with Gasteiger partial charge in [0.25, 0.3) is 0 Å². The molecule has 0 bridgehead atoms. The molecule has 0 saturated carbocycles. The molecule has 326 valence electrons. The Balaban J connectivity index is 4.41. The van der Waals surface area contributed by atoms with Gasteiger partial charge in [-0.05, 0) is 89.9 Å². The van der Waals surface area contributed by atoms with Crippen LogP contribution in [0.1, 0.15) is 155 Å². The van der Waals surface area contributed by atoms with E-state index in [-0.39, 0.29) is 19.4 Å². The quantitative estimate of drug-likeness (QED) is 0.0237. The summed E-state index contributed by atoms with van der Waals surface area (Å²) >= 11 is 0. The maximum absolute atomic E-state index is 12.6. The predicted octanol–water partition coefficient (Wildman–Crippen LogP) is 11.4. The zero-order chi connectivity index (χ0) is 41.9. The smallest absolute Gasteiger partial charge is 0.462 e. The van der Waals surface area contributed by atoms with Gasteiger partial charge >= 0.3 is 19.8 Å². The van der Waals surface area contributed by atoms with Crippen LogP contribution in [0.25, 0.3) is 0 Å². The molecule has 0 spiro atoms. The highest BCUT2D eigenvalue weighted by Crippen LogP contribution is 2.43. The second-order valence-corrected chi connectivity index (χ2v) is 15.4. The minimum absolute atomic E-state index is 0.148. The fourth-order valence-corrected chi connectivity index (χ4v) is 6.01. The number of phosphoric acid groups is 1. The van der Waals surface area contributed by atoms with E-state index in [1.165, 1.54) is 19.3 Å². The third kappa shape index (κ3) is 41.1. The number of aliphatic hydroxyl groups is 2. The summed E-state index contributed by atoms with van der Waals surface area (Å²) in [5, 5.41) is 18.3. The number of carbonyl (C=O) groups excluding carboxylic acids is 2. The van der Waals surface area contributed by atoms with E-state index in [1.54, 1.807) is 0 Å². The second-order valence-electron chi connectivity index (χ2n) is 14.0. The lowest BCUT2D eigenvalue weighted by Gasteiger charge is -2.20. The molecule has 0 amide bonds. The first-order chi connectivity index (χ1) is 27.7. The lowest BCUT2D eigenvalue weighted by molar-refractivity contribution is -0.161. The topological polar surface area (TPSA) is 149 Å². The third-order valence-corrected chi connectivity index (χ3v) is 9.48. The average molecular weight is 821 g/mol. The van der Waals surface area contributed by atoms with Crippen molar-refractivity contribution in [1.82, 2.24) is 0 Å². The molecule has 0 rings (SSSR count). The molecule has 11 heteroatoms. The summed E-state index contributed by atoms with van der Waals surface area (Å²) < 4.78 is 32.7. The van der Waals surface area contributed by atoms with E-state index in [9.17, 15) is 24.2 Å². The third-order valence-electron chi connectivity index (χ3n) is 8.53. The van der Waals surface area contributed by atoms with Crippen molar-refractivity contribution >= 4 is 19.8 Å². The standard InChI is InChI=1S/C46H77O10P/c1-3-5-7-9-11-13-15-17-19-21-23-25-27-29-31-33-35-37-45(49)53-41-44(42-55-57(51,52)54-40-43(48)39-47)56-46(50)38-36-34-32-30-28-26-24-22-20-18-16-14-12-10-8-6-4-2/h5,7,11-14,17-20,23-26,43-44,47-48H,3-4,6,8-10,15-16,21-22,27-42H2,1-2H3,(H,51,52)/b7-5-,13-11-,14-12-,19-17-,20-18-,25-23-,26-24-/t43-,44+/m0/s1. The van der Waals surface area contributed by atoms with Gasteiger partial charge in [0.2, 0.25) is 0 Å². The van der Waals surface area contributed by atoms with Crippen LogP contribution >= 0.6 is 7.82 Å². The van der Waals surface area contributed by atoms with Gasteiger partial charge in [0.05, 0.1) is 19.8 Å². The van der Waals surface area contributed by atoms with E-state index < -0.39 is 51.8 Å². The summed E-state index contributed by atoms with van der Waals surface area (Å²) in [5.74, 6) is -0.986. The fraction of sp³-hybridized carbons (Fsp3) is 0.652. The van der Waals surface area contributed by atoms with Gasteiger partial charge < -0.3 is 24.6 Å².